The van der Waals surface area contributed by atoms with E-state index in [9.17, 15) is 0 Å². The van der Waals surface area contributed by atoms with Gasteiger partial charge in [-0.15, -0.1) is 11.1 Å². The first-order chi connectivity index (χ1) is 25.7. The summed E-state index contributed by atoms with van der Waals surface area (Å²) in [5.74, 6) is 1.80. The van der Waals surface area contributed by atoms with Gasteiger partial charge in [0.25, 0.3) is 0 Å². The molecule has 54 heavy (non-hydrogen) atoms. The van der Waals surface area contributed by atoms with E-state index in [1.807, 2.05) is 97.1 Å². The van der Waals surface area contributed by atoms with Crippen molar-refractivity contribution in [3.8, 4) is 69.0 Å². The molecule has 0 bridgehead atoms. The molecule has 0 amide bonds. The molecule has 8 rings (SSSR count). The SMILES string of the molecule is [C-]#Cn1cccc1.[C-]#Cn1cccc1.[Pt].[Pt].[c-]1cc(-c2ccccn2)c(Oc2ccccn2)[c-]c1-c1[c-]cc(-c2ccccn2)c(Oc2ccccn2)[c-]1. The Kier molecular flexibility index (Phi) is 15.9. The molecule has 0 aliphatic rings. The first kappa shape index (κ1) is 40.5. The van der Waals surface area contributed by atoms with Crippen LogP contribution in [0.2, 0.25) is 0 Å². The van der Waals surface area contributed by atoms with Crippen molar-refractivity contribution in [3.63, 3.8) is 0 Å². The minimum absolute atomic E-state index is 0. The molecule has 0 fully saturated rings. The summed E-state index contributed by atoms with van der Waals surface area (Å²) in [5, 5.41) is 0. The molecule has 2 aromatic carbocycles. The summed E-state index contributed by atoms with van der Waals surface area (Å²) in [6.07, 6.45) is 27.0. The van der Waals surface area contributed by atoms with Crippen LogP contribution in [0.25, 0.3) is 33.6 Å². The van der Waals surface area contributed by atoms with E-state index in [0.717, 1.165) is 22.5 Å². The van der Waals surface area contributed by atoms with E-state index in [1.165, 1.54) is 0 Å². The largest absolute Gasteiger partial charge is 0.669 e. The molecule has 0 atom stereocenters. The third-order valence-corrected chi connectivity index (χ3v) is 6.98. The van der Waals surface area contributed by atoms with Crippen LogP contribution in [0.1, 0.15) is 0 Å². The topological polar surface area (TPSA) is 79.9 Å². The van der Waals surface area contributed by atoms with Crippen LogP contribution in [0.5, 0.6) is 23.3 Å². The van der Waals surface area contributed by atoms with E-state index in [4.69, 9.17) is 22.3 Å². The summed E-state index contributed by atoms with van der Waals surface area (Å²) < 4.78 is 15.4. The van der Waals surface area contributed by atoms with Gasteiger partial charge in [0.05, 0.1) is 0 Å². The van der Waals surface area contributed by atoms with Crippen molar-refractivity contribution in [2.75, 3.05) is 0 Å². The van der Waals surface area contributed by atoms with Gasteiger partial charge in [-0.05, 0) is 59.9 Å². The van der Waals surface area contributed by atoms with Gasteiger partial charge >= 0.3 is 0 Å². The van der Waals surface area contributed by atoms with Gasteiger partial charge in [0.1, 0.15) is 0 Å². The molecule has 6 heterocycles. The standard InChI is InChI=1S/C32H18N4O2.2C6H4N.2Pt/c1-5-17-33-27(9-1)25-15-13-23(21-29(25)37-31-11-3-7-19-35-31)24-14-16-26(28-10-2-6-18-34-28)30(22-24)38-32-12-4-8-20-36-32;2*1-2-7-5-3-4-6-7;;/h1-12,15-20H;2*3-6H;;/q-4;2*-1;;. The summed E-state index contributed by atoms with van der Waals surface area (Å²) in [6, 6.07) is 50.9. The van der Waals surface area contributed by atoms with Crippen LogP contribution in [0, 0.1) is 49.2 Å². The molecule has 0 saturated heterocycles. The molecule has 0 spiro atoms. The number of hydrogen-bond acceptors (Lipinski definition) is 6. The molecule has 8 nitrogen and oxygen atoms in total. The molecule has 10 heteroatoms. The summed E-state index contributed by atoms with van der Waals surface area (Å²) in [7, 11) is 0. The molecular weight excluding hydrogens is 1030 g/mol. The Bertz CT molecular complexity index is 2190. The van der Waals surface area contributed by atoms with E-state index < -0.39 is 0 Å². The molecule has 8 aromatic rings. The summed E-state index contributed by atoms with van der Waals surface area (Å²) in [5.41, 5.74) is 4.11. The maximum Gasteiger partial charge on any atom is 0.215 e. The fourth-order valence-corrected chi connectivity index (χ4v) is 4.55. The Morgan fingerprint density at radius 2 is 0.852 bits per heavy atom. The Labute approximate surface area is 343 Å². The first-order valence-electron chi connectivity index (χ1n) is 15.8. The molecular formula is C44H26N6O2Pt2-6. The zero-order valence-electron chi connectivity index (χ0n) is 28.1. The molecule has 6 aromatic heterocycles. The van der Waals surface area contributed by atoms with Crippen molar-refractivity contribution in [3.05, 3.63) is 196 Å². The van der Waals surface area contributed by atoms with Crippen LogP contribution < -0.4 is 9.47 Å². The fourth-order valence-electron chi connectivity index (χ4n) is 4.55. The number of pyridine rings is 4. The van der Waals surface area contributed by atoms with E-state index in [0.29, 0.717) is 34.4 Å². The normalized spacial score (nSPS) is 9.52. The van der Waals surface area contributed by atoms with Crippen LogP contribution in [-0.2, 0) is 42.1 Å². The van der Waals surface area contributed by atoms with Gasteiger partial charge in [-0.1, -0.05) is 47.9 Å². The van der Waals surface area contributed by atoms with Gasteiger partial charge in [-0.25, -0.2) is 34.2 Å². The van der Waals surface area contributed by atoms with Gasteiger partial charge in [0.15, 0.2) is 0 Å². The Balaban J connectivity index is 0.000000340. The quantitative estimate of drug-likeness (QED) is 0.117. The molecule has 0 radical (unpaired) electrons. The Morgan fingerprint density at radius 3 is 1.15 bits per heavy atom. The summed E-state index contributed by atoms with van der Waals surface area (Å²) >= 11 is 0. The minimum Gasteiger partial charge on any atom is -0.669 e. The van der Waals surface area contributed by atoms with Crippen molar-refractivity contribution < 1.29 is 51.6 Å². The maximum atomic E-state index is 6.57. The number of rotatable bonds is 7. The second-order valence-electron chi connectivity index (χ2n) is 10.4. The van der Waals surface area contributed by atoms with Crippen LogP contribution in [0.15, 0.2) is 159 Å². The number of nitrogens with zero attached hydrogens (tertiary/aromatic N) is 6. The number of benzene rings is 2. The van der Waals surface area contributed by atoms with Gasteiger partial charge in [0.2, 0.25) is 11.8 Å². The number of hydrogen-bond donors (Lipinski definition) is 0. The monoisotopic (exact) mass is 1060 g/mol. The third-order valence-electron chi connectivity index (χ3n) is 6.98. The van der Waals surface area contributed by atoms with Gasteiger partial charge in [0, 0.05) is 104 Å². The van der Waals surface area contributed by atoms with Crippen LogP contribution >= 0.6 is 0 Å². The third kappa shape index (κ3) is 11.3. The fraction of sp³-hybridized carbons (Fsp3) is 0. The first-order valence-corrected chi connectivity index (χ1v) is 15.8. The van der Waals surface area contributed by atoms with Crippen LogP contribution in [0.4, 0.5) is 0 Å². The smallest absolute Gasteiger partial charge is 0.215 e. The summed E-state index contributed by atoms with van der Waals surface area (Å²) in [4.78, 5) is 17.5. The van der Waals surface area contributed by atoms with Crippen LogP contribution in [0.3, 0.4) is 0 Å². The van der Waals surface area contributed by atoms with Gasteiger partial charge < -0.3 is 66.8 Å². The summed E-state index contributed by atoms with van der Waals surface area (Å²) in [6.45, 7) is 0. The van der Waals surface area contributed by atoms with E-state index >= 15 is 0 Å². The minimum atomic E-state index is 0. The Hall–Kier alpha value is -6.30. The average molecular weight is 1060 g/mol. The number of aromatic nitrogens is 6. The molecule has 0 saturated carbocycles. The predicted molar refractivity (Wildman–Crippen MR) is 196 cm³/mol. The average Bonchev–Trinajstić information content (AvgIpc) is 3.96. The van der Waals surface area contributed by atoms with Crippen molar-refractivity contribution >= 4 is 0 Å². The molecule has 270 valence electrons. The van der Waals surface area contributed by atoms with Gasteiger partial charge in [-0.3, -0.25) is 9.97 Å². The maximum absolute atomic E-state index is 6.57. The van der Waals surface area contributed by atoms with E-state index in [2.05, 4.69) is 56.3 Å². The molecule has 0 aliphatic heterocycles. The second-order valence-corrected chi connectivity index (χ2v) is 10.4. The van der Waals surface area contributed by atoms with Crippen molar-refractivity contribution in [2.45, 2.75) is 0 Å². The van der Waals surface area contributed by atoms with E-state index in [1.54, 1.807) is 70.8 Å². The van der Waals surface area contributed by atoms with Crippen LogP contribution in [-0.4, -0.2) is 29.1 Å². The zero-order chi connectivity index (χ0) is 35.8. The van der Waals surface area contributed by atoms with Crippen molar-refractivity contribution in [1.82, 2.24) is 29.1 Å². The second kappa shape index (κ2) is 21.3. The van der Waals surface area contributed by atoms with Crippen molar-refractivity contribution in [2.24, 2.45) is 0 Å². The Morgan fingerprint density at radius 1 is 0.481 bits per heavy atom. The van der Waals surface area contributed by atoms with Gasteiger partial charge in [-0.2, -0.15) is 0 Å². The zero-order valence-corrected chi connectivity index (χ0v) is 32.7. The van der Waals surface area contributed by atoms with E-state index in [-0.39, 0.29) is 42.1 Å². The molecule has 0 aliphatic carbocycles. The predicted octanol–water partition coefficient (Wildman–Crippen LogP) is 8.81. The number of ether oxygens (including phenoxy) is 2. The molecule has 0 unspecified atom stereocenters. The van der Waals surface area contributed by atoms with Crippen molar-refractivity contribution in [1.29, 1.82) is 0 Å². The molecule has 0 N–H and O–H groups in total.